The zero-order valence-electron chi connectivity index (χ0n) is 10.5. The molecule has 0 spiro atoms. The summed E-state index contributed by atoms with van der Waals surface area (Å²) in [5.41, 5.74) is 6.96. The van der Waals surface area contributed by atoms with Gasteiger partial charge in [-0.1, -0.05) is 50.7 Å². The minimum Gasteiger partial charge on any atom is -0.399 e. The third kappa shape index (κ3) is 4.23. The molecule has 0 fully saturated rings. The molecule has 0 aromatic carbocycles. The van der Waals surface area contributed by atoms with E-state index in [-0.39, 0.29) is 11.3 Å². The Morgan fingerprint density at radius 2 is 2.06 bits per heavy atom. The van der Waals surface area contributed by atoms with E-state index in [2.05, 4.69) is 32.9 Å². The highest BCUT2D eigenvalue weighted by molar-refractivity contribution is 5.28. The smallest absolute Gasteiger partial charge is 0.0468 e. The first kappa shape index (κ1) is 14.3. The van der Waals surface area contributed by atoms with Crippen molar-refractivity contribution in [1.29, 1.82) is 0 Å². The monoisotopic (exact) mass is 215 g/mol. The molecule has 1 unspecified atom stereocenters. The average Bonchev–Trinajstić information content (AvgIpc) is 2.23. The zero-order valence-corrected chi connectivity index (χ0v) is 10.5. The lowest BCUT2D eigenvalue weighted by atomic mass is 9.79. The Hall–Kier alpha value is -1.68. The van der Waals surface area contributed by atoms with Crippen molar-refractivity contribution in [2.24, 2.45) is 17.1 Å². The van der Waals surface area contributed by atoms with Crippen molar-refractivity contribution in [1.82, 2.24) is 0 Å². The number of hydrogen-bond donors (Lipinski definition) is 1. The Bertz CT molecular complexity index is 361. The summed E-state index contributed by atoms with van der Waals surface area (Å²) in [6, 6.07) is 0. The van der Waals surface area contributed by atoms with E-state index >= 15 is 0 Å². The van der Waals surface area contributed by atoms with Crippen molar-refractivity contribution >= 4 is 0 Å². The highest BCUT2D eigenvalue weighted by atomic mass is 14.6. The van der Waals surface area contributed by atoms with Gasteiger partial charge in [0.05, 0.1) is 0 Å². The SMILES string of the molecule is C#CC(/C=C\C=C(/C)C(=C)N)C(C)(C)C=C. The van der Waals surface area contributed by atoms with E-state index in [4.69, 9.17) is 12.2 Å². The van der Waals surface area contributed by atoms with Crippen LogP contribution >= 0.6 is 0 Å². The summed E-state index contributed by atoms with van der Waals surface area (Å²) in [7, 11) is 0. The Kier molecular flexibility index (Phi) is 5.39. The van der Waals surface area contributed by atoms with Gasteiger partial charge in [-0.15, -0.1) is 13.0 Å². The van der Waals surface area contributed by atoms with Gasteiger partial charge in [0.25, 0.3) is 0 Å². The summed E-state index contributed by atoms with van der Waals surface area (Å²) in [6.07, 6.45) is 13.2. The van der Waals surface area contributed by atoms with E-state index in [1.807, 2.05) is 31.2 Å². The van der Waals surface area contributed by atoms with Gasteiger partial charge in [0.1, 0.15) is 0 Å². The molecule has 2 N–H and O–H groups in total. The zero-order chi connectivity index (χ0) is 12.8. The molecule has 0 heterocycles. The van der Waals surface area contributed by atoms with Crippen LogP contribution in [0.3, 0.4) is 0 Å². The van der Waals surface area contributed by atoms with Crippen LogP contribution in [0, 0.1) is 23.7 Å². The maximum absolute atomic E-state index is 5.54. The van der Waals surface area contributed by atoms with E-state index in [1.165, 1.54) is 0 Å². The normalized spacial score (nSPS) is 14.5. The van der Waals surface area contributed by atoms with Crippen LogP contribution in [-0.2, 0) is 0 Å². The first-order valence-corrected chi connectivity index (χ1v) is 5.24. The molecule has 0 aliphatic heterocycles. The predicted molar refractivity (Wildman–Crippen MR) is 72.5 cm³/mol. The van der Waals surface area contributed by atoms with Crippen molar-refractivity contribution in [2.45, 2.75) is 20.8 Å². The Labute approximate surface area is 99.4 Å². The lowest BCUT2D eigenvalue weighted by molar-refractivity contribution is 0.414. The molecule has 16 heavy (non-hydrogen) atoms. The molecule has 0 aliphatic carbocycles. The van der Waals surface area contributed by atoms with Crippen LogP contribution in [0.2, 0.25) is 0 Å². The summed E-state index contributed by atoms with van der Waals surface area (Å²) >= 11 is 0. The number of allylic oxidation sites excluding steroid dienone is 5. The lowest BCUT2D eigenvalue weighted by Gasteiger charge is -2.24. The van der Waals surface area contributed by atoms with Gasteiger partial charge in [0, 0.05) is 11.6 Å². The largest absolute Gasteiger partial charge is 0.399 e. The van der Waals surface area contributed by atoms with Gasteiger partial charge in [-0.3, -0.25) is 0 Å². The minimum atomic E-state index is -0.104. The fraction of sp³-hybridized carbons (Fsp3) is 0.333. The number of rotatable bonds is 5. The minimum absolute atomic E-state index is 0.0279. The van der Waals surface area contributed by atoms with Gasteiger partial charge < -0.3 is 5.73 Å². The standard InChI is InChI=1S/C15H21N/c1-7-14(15(5,6)8-2)11-9-10-12(3)13(4)16/h1,8-11,14H,2,4,16H2,3,5-6H3/b11-9-,12-10+. The molecule has 0 saturated heterocycles. The van der Waals surface area contributed by atoms with Crippen LogP contribution in [0.1, 0.15) is 20.8 Å². The Morgan fingerprint density at radius 1 is 1.50 bits per heavy atom. The highest BCUT2D eigenvalue weighted by Crippen LogP contribution is 2.28. The Morgan fingerprint density at radius 3 is 2.44 bits per heavy atom. The van der Waals surface area contributed by atoms with Crippen LogP contribution in [0.25, 0.3) is 0 Å². The highest BCUT2D eigenvalue weighted by Gasteiger charge is 2.21. The van der Waals surface area contributed by atoms with Crippen LogP contribution in [0.15, 0.2) is 48.7 Å². The molecule has 0 saturated carbocycles. The molecule has 0 aromatic rings. The molecular formula is C15H21N. The van der Waals surface area contributed by atoms with E-state index < -0.39 is 0 Å². The maximum Gasteiger partial charge on any atom is 0.0468 e. The summed E-state index contributed by atoms with van der Waals surface area (Å²) in [4.78, 5) is 0. The van der Waals surface area contributed by atoms with E-state index in [0.29, 0.717) is 5.70 Å². The fourth-order valence-electron chi connectivity index (χ4n) is 1.06. The van der Waals surface area contributed by atoms with Gasteiger partial charge in [0.15, 0.2) is 0 Å². The van der Waals surface area contributed by atoms with E-state index in [1.54, 1.807) is 0 Å². The van der Waals surface area contributed by atoms with Crippen LogP contribution < -0.4 is 5.73 Å². The van der Waals surface area contributed by atoms with E-state index in [9.17, 15) is 0 Å². The van der Waals surface area contributed by atoms with Crippen molar-refractivity contribution < 1.29 is 0 Å². The molecule has 0 amide bonds. The number of hydrogen-bond acceptors (Lipinski definition) is 1. The second-order valence-corrected chi connectivity index (χ2v) is 4.43. The van der Waals surface area contributed by atoms with Gasteiger partial charge >= 0.3 is 0 Å². The van der Waals surface area contributed by atoms with Crippen molar-refractivity contribution in [3.63, 3.8) is 0 Å². The second kappa shape index (κ2) is 6.02. The molecule has 0 radical (unpaired) electrons. The second-order valence-electron chi connectivity index (χ2n) is 4.43. The quantitative estimate of drug-likeness (QED) is 0.424. The maximum atomic E-state index is 5.54. The van der Waals surface area contributed by atoms with Crippen molar-refractivity contribution in [2.75, 3.05) is 0 Å². The number of nitrogens with two attached hydrogens (primary N) is 1. The summed E-state index contributed by atoms with van der Waals surface area (Å²) in [5.74, 6) is 2.78. The van der Waals surface area contributed by atoms with E-state index in [0.717, 1.165) is 5.57 Å². The lowest BCUT2D eigenvalue weighted by Crippen LogP contribution is -2.17. The molecule has 0 aromatic heterocycles. The first-order valence-electron chi connectivity index (χ1n) is 5.24. The molecule has 1 heteroatoms. The summed E-state index contributed by atoms with van der Waals surface area (Å²) in [5, 5.41) is 0. The average molecular weight is 215 g/mol. The molecule has 86 valence electrons. The predicted octanol–water partition coefficient (Wildman–Crippen LogP) is 3.42. The molecule has 1 atom stereocenters. The Balaban J connectivity index is 4.78. The van der Waals surface area contributed by atoms with Crippen molar-refractivity contribution in [3.8, 4) is 12.3 Å². The molecule has 0 bridgehead atoms. The van der Waals surface area contributed by atoms with Crippen LogP contribution in [-0.4, -0.2) is 0 Å². The fourth-order valence-corrected chi connectivity index (χ4v) is 1.06. The summed E-state index contributed by atoms with van der Waals surface area (Å²) < 4.78 is 0. The van der Waals surface area contributed by atoms with Gasteiger partial charge in [-0.2, -0.15) is 0 Å². The molecule has 0 rings (SSSR count). The third-order valence-corrected chi connectivity index (χ3v) is 2.66. The van der Waals surface area contributed by atoms with Gasteiger partial charge in [-0.05, 0) is 17.9 Å². The summed E-state index contributed by atoms with van der Waals surface area (Å²) in [6.45, 7) is 13.5. The molecular weight excluding hydrogens is 194 g/mol. The topological polar surface area (TPSA) is 26.0 Å². The van der Waals surface area contributed by atoms with Gasteiger partial charge in [0.2, 0.25) is 0 Å². The number of terminal acetylenes is 1. The molecule has 0 aliphatic rings. The van der Waals surface area contributed by atoms with Gasteiger partial charge in [-0.25, -0.2) is 0 Å². The van der Waals surface area contributed by atoms with Crippen LogP contribution in [0.5, 0.6) is 0 Å². The van der Waals surface area contributed by atoms with Crippen molar-refractivity contribution in [3.05, 3.63) is 48.7 Å². The molecule has 1 nitrogen and oxygen atoms in total. The third-order valence-electron chi connectivity index (χ3n) is 2.66. The van der Waals surface area contributed by atoms with Crippen LogP contribution in [0.4, 0.5) is 0 Å². The first-order chi connectivity index (χ1) is 7.35.